The van der Waals surface area contributed by atoms with Crippen LogP contribution in [-0.4, -0.2) is 33.8 Å². The SMILES string of the molecule is C=CCNC(=NC)NCc1ccc(OC)cc1OC.I. The van der Waals surface area contributed by atoms with Crippen LogP contribution in [0.2, 0.25) is 0 Å². The van der Waals surface area contributed by atoms with Crippen molar-refractivity contribution in [2.75, 3.05) is 27.8 Å². The van der Waals surface area contributed by atoms with Crippen molar-refractivity contribution < 1.29 is 9.47 Å². The standard InChI is InChI=1S/C14H21N3O2.HI/c1-5-8-16-14(15-2)17-10-11-6-7-12(18-3)9-13(11)19-4;/h5-7,9H,1,8,10H2,2-4H3,(H2,15,16,17);1H. The molecule has 0 atom stereocenters. The highest BCUT2D eigenvalue weighted by Gasteiger charge is 2.05. The van der Waals surface area contributed by atoms with E-state index in [9.17, 15) is 0 Å². The van der Waals surface area contributed by atoms with Gasteiger partial charge >= 0.3 is 0 Å². The van der Waals surface area contributed by atoms with Crippen molar-refractivity contribution in [1.82, 2.24) is 10.6 Å². The van der Waals surface area contributed by atoms with Crippen molar-refractivity contribution in [3.63, 3.8) is 0 Å². The first-order valence-corrected chi connectivity index (χ1v) is 6.01. The van der Waals surface area contributed by atoms with Gasteiger partial charge in [0.2, 0.25) is 0 Å². The van der Waals surface area contributed by atoms with Crippen LogP contribution in [0.3, 0.4) is 0 Å². The van der Waals surface area contributed by atoms with Crippen LogP contribution < -0.4 is 20.1 Å². The smallest absolute Gasteiger partial charge is 0.191 e. The summed E-state index contributed by atoms with van der Waals surface area (Å²) in [5.41, 5.74) is 1.03. The minimum absolute atomic E-state index is 0. The fraction of sp³-hybridized carbons (Fsp3) is 0.357. The van der Waals surface area contributed by atoms with Crippen LogP contribution in [0.25, 0.3) is 0 Å². The maximum atomic E-state index is 5.34. The van der Waals surface area contributed by atoms with Gasteiger partial charge in [-0.1, -0.05) is 6.08 Å². The van der Waals surface area contributed by atoms with Gasteiger partial charge in [-0.15, -0.1) is 30.6 Å². The molecule has 0 saturated heterocycles. The zero-order valence-electron chi connectivity index (χ0n) is 12.1. The number of hydrogen-bond donors (Lipinski definition) is 2. The Morgan fingerprint density at radius 2 is 2.05 bits per heavy atom. The maximum absolute atomic E-state index is 5.34. The highest BCUT2D eigenvalue weighted by atomic mass is 127. The summed E-state index contributed by atoms with van der Waals surface area (Å²) in [6.45, 7) is 4.93. The third-order valence-corrected chi connectivity index (χ3v) is 2.58. The zero-order chi connectivity index (χ0) is 14.1. The van der Waals surface area contributed by atoms with Crippen LogP contribution in [0.1, 0.15) is 5.56 Å². The van der Waals surface area contributed by atoms with E-state index in [4.69, 9.17) is 9.47 Å². The lowest BCUT2D eigenvalue weighted by atomic mass is 10.2. The molecule has 0 aliphatic carbocycles. The average molecular weight is 391 g/mol. The average Bonchev–Trinajstić information content (AvgIpc) is 2.47. The number of nitrogens with one attached hydrogen (secondary N) is 2. The summed E-state index contributed by atoms with van der Waals surface area (Å²) in [5, 5.41) is 6.31. The predicted octanol–water partition coefficient (Wildman–Crippen LogP) is 2.17. The fourth-order valence-electron chi connectivity index (χ4n) is 1.57. The third-order valence-electron chi connectivity index (χ3n) is 2.58. The molecule has 1 aromatic carbocycles. The second-order valence-corrected chi connectivity index (χ2v) is 3.77. The van der Waals surface area contributed by atoms with Crippen molar-refractivity contribution >= 4 is 29.9 Å². The Kier molecular flexibility index (Phi) is 9.61. The lowest BCUT2D eigenvalue weighted by Gasteiger charge is -2.13. The lowest BCUT2D eigenvalue weighted by Crippen LogP contribution is -2.36. The summed E-state index contributed by atoms with van der Waals surface area (Å²) in [7, 11) is 5.00. The Morgan fingerprint density at radius 1 is 1.30 bits per heavy atom. The molecule has 6 heteroatoms. The van der Waals surface area contributed by atoms with Gasteiger partial charge in [-0.05, 0) is 12.1 Å². The number of nitrogens with zero attached hydrogens (tertiary/aromatic N) is 1. The Labute approximate surface area is 137 Å². The van der Waals surface area contributed by atoms with Crippen LogP contribution in [0.5, 0.6) is 11.5 Å². The van der Waals surface area contributed by atoms with Crippen LogP contribution in [-0.2, 0) is 6.54 Å². The summed E-state index contributed by atoms with van der Waals surface area (Å²) in [6.07, 6.45) is 1.78. The molecule has 0 bridgehead atoms. The highest BCUT2D eigenvalue weighted by molar-refractivity contribution is 14.0. The largest absolute Gasteiger partial charge is 0.497 e. The Morgan fingerprint density at radius 3 is 2.60 bits per heavy atom. The van der Waals surface area contributed by atoms with Gasteiger partial charge in [-0.3, -0.25) is 4.99 Å². The van der Waals surface area contributed by atoms with Gasteiger partial charge in [0, 0.05) is 31.8 Å². The number of rotatable bonds is 6. The number of benzene rings is 1. The molecule has 0 aliphatic heterocycles. The molecule has 0 heterocycles. The second kappa shape index (κ2) is 10.4. The van der Waals surface area contributed by atoms with Crippen molar-refractivity contribution in [3.8, 4) is 11.5 Å². The van der Waals surface area contributed by atoms with Gasteiger partial charge in [-0.2, -0.15) is 0 Å². The van der Waals surface area contributed by atoms with Gasteiger partial charge in [-0.25, -0.2) is 0 Å². The number of ether oxygens (including phenoxy) is 2. The molecule has 1 aromatic rings. The van der Waals surface area contributed by atoms with Crippen LogP contribution >= 0.6 is 24.0 Å². The quantitative estimate of drug-likeness (QED) is 0.338. The molecule has 0 amide bonds. The first kappa shape index (κ1) is 18.6. The summed E-state index contributed by atoms with van der Waals surface area (Å²) >= 11 is 0. The van der Waals surface area contributed by atoms with E-state index in [1.807, 2.05) is 18.2 Å². The van der Waals surface area contributed by atoms with Crippen molar-refractivity contribution in [2.24, 2.45) is 4.99 Å². The number of guanidine groups is 1. The van der Waals surface area contributed by atoms with E-state index in [0.29, 0.717) is 13.1 Å². The Hall–Kier alpha value is -1.44. The van der Waals surface area contributed by atoms with Crippen molar-refractivity contribution in [3.05, 3.63) is 36.4 Å². The topological polar surface area (TPSA) is 54.9 Å². The minimum atomic E-state index is 0. The molecule has 5 nitrogen and oxygen atoms in total. The predicted molar refractivity (Wildman–Crippen MR) is 93.4 cm³/mol. The van der Waals surface area contributed by atoms with Crippen molar-refractivity contribution in [1.29, 1.82) is 0 Å². The molecule has 0 fully saturated rings. The van der Waals surface area contributed by atoms with Gasteiger partial charge in [0.05, 0.1) is 14.2 Å². The van der Waals surface area contributed by atoms with E-state index in [0.717, 1.165) is 23.0 Å². The molecule has 0 aliphatic rings. The van der Waals surface area contributed by atoms with Crippen LogP contribution in [0.15, 0.2) is 35.8 Å². The van der Waals surface area contributed by atoms with Gasteiger partial charge in [0.15, 0.2) is 5.96 Å². The third kappa shape index (κ3) is 5.68. The molecular weight excluding hydrogens is 369 g/mol. The van der Waals surface area contributed by atoms with E-state index in [-0.39, 0.29) is 24.0 Å². The summed E-state index contributed by atoms with van der Waals surface area (Å²) in [5.74, 6) is 2.28. The number of methoxy groups -OCH3 is 2. The maximum Gasteiger partial charge on any atom is 0.191 e. The molecule has 0 aromatic heterocycles. The van der Waals surface area contributed by atoms with Gasteiger partial charge in [0.25, 0.3) is 0 Å². The van der Waals surface area contributed by atoms with E-state index in [1.165, 1.54) is 0 Å². The molecule has 0 radical (unpaired) electrons. The summed E-state index contributed by atoms with van der Waals surface area (Å²) in [6, 6.07) is 5.72. The van der Waals surface area contributed by atoms with E-state index >= 15 is 0 Å². The van der Waals surface area contributed by atoms with E-state index in [1.54, 1.807) is 27.3 Å². The van der Waals surface area contributed by atoms with E-state index < -0.39 is 0 Å². The summed E-state index contributed by atoms with van der Waals surface area (Å²) < 4.78 is 10.5. The van der Waals surface area contributed by atoms with Gasteiger partial charge in [0.1, 0.15) is 11.5 Å². The molecule has 0 saturated carbocycles. The molecule has 0 unspecified atom stereocenters. The molecule has 20 heavy (non-hydrogen) atoms. The van der Waals surface area contributed by atoms with Crippen LogP contribution in [0.4, 0.5) is 0 Å². The molecular formula is C14H22IN3O2. The highest BCUT2D eigenvalue weighted by Crippen LogP contribution is 2.24. The van der Waals surface area contributed by atoms with E-state index in [2.05, 4.69) is 22.2 Å². The number of hydrogen-bond acceptors (Lipinski definition) is 3. The second-order valence-electron chi connectivity index (χ2n) is 3.77. The summed E-state index contributed by atoms with van der Waals surface area (Å²) in [4.78, 5) is 4.11. The Balaban J connectivity index is 0.00000361. The first-order valence-electron chi connectivity index (χ1n) is 6.01. The molecule has 1 rings (SSSR count). The minimum Gasteiger partial charge on any atom is -0.497 e. The lowest BCUT2D eigenvalue weighted by molar-refractivity contribution is 0.390. The monoisotopic (exact) mass is 391 g/mol. The molecule has 112 valence electrons. The number of aliphatic imine (C=N–C) groups is 1. The van der Waals surface area contributed by atoms with Gasteiger partial charge < -0.3 is 20.1 Å². The molecule has 0 spiro atoms. The molecule has 2 N–H and O–H groups in total. The fourth-order valence-corrected chi connectivity index (χ4v) is 1.57. The van der Waals surface area contributed by atoms with Crippen LogP contribution in [0, 0.1) is 0 Å². The zero-order valence-corrected chi connectivity index (χ0v) is 14.4. The normalized spacial score (nSPS) is 10.2. The Bertz CT molecular complexity index is 450. The van der Waals surface area contributed by atoms with Crippen molar-refractivity contribution in [2.45, 2.75) is 6.54 Å². The first-order chi connectivity index (χ1) is 9.24. The number of halogens is 1.